The fourth-order valence-corrected chi connectivity index (χ4v) is 3.14. The molecule has 29 heavy (non-hydrogen) atoms. The van der Waals surface area contributed by atoms with Gasteiger partial charge in [-0.3, -0.25) is 9.52 Å². The van der Waals surface area contributed by atoms with E-state index < -0.39 is 16.9 Å². The van der Waals surface area contributed by atoms with E-state index in [2.05, 4.69) is 4.72 Å². The van der Waals surface area contributed by atoms with Crippen LogP contribution in [0.5, 0.6) is 23.0 Å². The van der Waals surface area contributed by atoms with E-state index in [9.17, 15) is 9.00 Å². The lowest BCUT2D eigenvalue weighted by molar-refractivity contribution is -0.114. The molecule has 0 aromatic heterocycles. The van der Waals surface area contributed by atoms with Crippen molar-refractivity contribution in [3.63, 3.8) is 0 Å². The fourth-order valence-electron chi connectivity index (χ4n) is 2.54. The molecule has 1 unspecified atom stereocenters. The molecule has 2 aromatic carbocycles. The van der Waals surface area contributed by atoms with Gasteiger partial charge < -0.3 is 18.9 Å². The summed E-state index contributed by atoms with van der Waals surface area (Å²) in [4.78, 5) is 12.1. The van der Waals surface area contributed by atoms with Crippen molar-refractivity contribution in [1.29, 1.82) is 0 Å². The largest absolute Gasteiger partial charge is 0.496 e. The highest BCUT2D eigenvalue weighted by Crippen LogP contribution is 2.30. The highest BCUT2D eigenvalue weighted by molar-refractivity contribution is 7.86. The molecule has 1 amide bonds. The molecule has 0 heterocycles. The highest BCUT2D eigenvalue weighted by atomic mass is 32.2. The molecule has 0 radical (unpaired) electrons. The number of hydrogen-bond acceptors (Lipinski definition) is 6. The molecular formula is C21H23NO6S. The molecule has 1 N–H and O–H groups in total. The highest BCUT2D eigenvalue weighted by Gasteiger charge is 2.09. The van der Waals surface area contributed by atoms with Crippen molar-refractivity contribution in [2.24, 2.45) is 0 Å². The number of carbonyl (C=O) groups excluding carboxylic acids is 1. The maximum Gasteiger partial charge on any atom is 0.255 e. The van der Waals surface area contributed by atoms with Gasteiger partial charge in [0, 0.05) is 11.5 Å². The molecule has 2 aromatic rings. The summed E-state index contributed by atoms with van der Waals surface area (Å²) in [5.74, 6) is 1.70. The molecule has 0 fully saturated rings. The lowest BCUT2D eigenvalue weighted by Crippen LogP contribution is -2.21. The SMILES string of the molecule is COc1cccc(OC)c1/C=C\S(=O)NC(=O)/C=C/c1c(OC)cccc1OC. The Balaban J connectivity index is 2.10. The molecule has 2 rings (SSSR count). The van der Waals surface area contributed by atoms with Gasteiger partial charge in [-0.05, 0) is 36.4 Å². The minimum Gasteiger partial charge on any atom is -0.496 e. The van der Waals surface area contributed by atoms with Crippen molar-refractivity contribution in [3.8, 4) is 23.0 Å². The Kier molecular flexibility index (Phi) is 8.29. The van der Waals surface area contributed by atoms with Gasteiger partial charge in [-0.15, -0.1) is 0 Å². The average Bonchev–Trinajstić information content (AvgIpc) is 2.75. The second-order valence-corrected chi connectivity index (χ2v) is 6.62. The third-order valence-corrected chi connectivity index (χ3v) is 4.68. The summed E-state index contributed by atoms with van der Waals surface area (Å²) in [6.07, 6.45) is 4.37. The molecule has 0 aliphatic heterocycles. The Bertz CT molecular complexity index is 819. The fraction of sp³-hybridized carbons (Fsp3) is 0.190. The van der Waals surface area contributed by atoms with E-state index in [1.165, 1.54) is 46.0 Å². The van der Waals surface area contributed by atoms with Gasteiger partial charge in [0.05, 0.1) is 39.6 Å². The Labute approximate surface area is 172 Å². The second-order valence-electron chi connectivity index (χ2n) is 5.55. The van der Waals surface area contributed by atoms with Crippen LogP contribution in [-0.4, -0.2) is 38.6 Å². The van der Waals surface area contributed by atoms with Crippen LogP contribution in [0.4, 0.5) is 0 Å². The molecule has 0 aliphatic carbocycles. The molecule has 0 saturated heterocycles. The van der Waals surface area contributed by atoms with Crippen LogP contribution in [0.15, 0.2) is 47.9 Å². The Morgan fingerprint density at radius 2 is 1.21 bits per heavy atom. The van der Waals surface area contributed by atoms with Crippen molar-refractivity contribution in [3.05, 3.63) is 59.0 Å². The first kappa shape index (κ1) is 22.0. The van der Waals surface area contributed by atoms with Crippen LogP contribution >= 0.6 is 0 Å². The van der Waals surface area contributed by atoms with Crippen molar-refractivity contribution >= 4 is 29.0 Å². The molecule has 0 aliphatic rings. The number of hydrogen-bond donors (Lipinski definition) is 1. The summed E-state index contributed by atoms with van der Waals surface area (Å²) >= 11 is 0. The number of amides is 1. The van der Waals surface area contributed by atoms with E-state index in [1.807, 2.05) is 0 Å². The molecule has 7 nitrogen and oxygen atoms in total. The Morgan fingerprint density at radius 1 is 0.793 bits per heavy atom. The van der Waals surface area contributed by atoms with Crippen LogP contribution in [-0.2, 0) is 15.8 Å². The van der Waals surface area contributed by atoms with E-state index in [-0.39, 0.29) is 0 Å². The minimum absolute atomic E-state index is 0.534. The molecule has 0 saturated carbocycles. The summed E-state index contributed by atoms with van der Waals surface area (Å²) in [6.45, 7) is 0. The van der Waals surface area contributed by atoms with Gasteiger partial charge in [-0.1, -0.05) is 12.1 Å². The van der Waals surface area contributed by atoms with Crippen molar-refractivity contribution in [1.82, 2.24) is 4.72 Å². The van der Waals surface area contributed by atoms with Crippen molar-refractivity contribution in [2.45, 2.75) is 0 Å². The summed E-state index contributed by atoms with van der Waals surface area (Å²) in [7, 11) is 4.36. The number of rotatable bonds is 9. The van der Waals surface area contributed by atoms with Crippen LogP contribution in [0.25, 0.3) is 12.2 Å². The zero-order valence-electron chi connectivity index (χ0n) is 16.6. The zero-order chi connectivity index (χ0) is 21.2. The van der Waals surface area contributed by atoms with Gasteiger partial charge in [0.25, 0.3) is 5.91 Å². The molecule has 0 spiro atoms. The molecule has 154 valence electrons. The van der Waals surface area contributed by atoms with Gasteiger partial charge >= 0.3 is 0 Å². The molecular weight excluding hydrogens is 394 g/mol. The van der Waals surface area contributed by atoms with Gasteiger partial charge in [0.15, 0.2) is 0 Å². The summed E-state index contributed by atoms with van der Waals surface area (Å²) in [5.41, 5.74) is 1.22. The first-order valence-corrected chi connectivity index (χ1v) is 9.74. The van der Waals surface area contributed by atoms with Crippen LogP contribution < -0.4 is 23.7 Å². The standard InChI is InChI=1S/C21H23NO6S/c1-25-17-7-5-8-18(26-2)15(17)11-12-21(23)22-29(24)14-13-16-19(27-3)9-6-10-20(16)28-4/h5-14H,1-4H3,(H,22,23)/b12-11+,14-13-. The van der Waals surface area contributed by atoms with E-state index in [0.29, 0.717) is 34.1 Å². The predicted molar refractivity (Wildman–Crippen MR) is 113 cm³/mol. The van der Waals surface area contributed by atoms with Crippen molar-refractivity contribution < 1.29 is 28.0 Å². The maximum atomic E-state index is 12.2. The molecule has 1 atom stereocenters. The van der Waals surface area contributed by atoms with E-state index in [1.54, 1.807) is 42.5 Å². The predicted octanol–water partition coefficient (Wildman–Crippen LogP) is 3.19. The number of nitrogens with one attached hydrogen (secondary N) is 1. The lowest BCUT2D eigenvalue weighted by Gasteiger charge is -2.09. The van der Waals surface area contributed by atoms with Gasteiger partial charge in [0.2, 0.25) is 0 Å². The summed E-state index contributed by atoms with van der Waals surface area (Å²) in [6, 6.07) is 10.6. The quantitative estimate of drug-likeness (QED) is 0.631. The summed E-state index contributed by atoms with van der Waals surface area (Å²) < 4.78 is 35.7. The van der Waals surface area contributed by atoms with E-state index >= 15 is 0 Å². The third kappa shape index (κ3) is 5.86. The van der Waals surface area contributed by atoms with Gasteiger partial charge in [-0.25, -0.2) is 4.21 Å². The lowest BCUT2D eigenvalue weighted by atomic mass is 10.1. The van der Waals surface area contributed by atoms with Crippen LogP contribution in [0.1, 0.15) is 11.1 Å². The summed E-state index contributed by atoms with van der Waals surface area (Å²) in [5, 5.41) is 1.34. The third-order valence-electron chi connectivity index (χ3n) is 3.89. The minimum atomic E-state index is -1.75. The normalized spacial score (nSPS) is 12.0. The van der Waals surface area contributed by atoms with Crippen molar-refractivity contribution in [2.75, 3.05) is 28.4 Å². The molecule has 0 bridgehead atoms. The number of carbonyl (C=O) groups is 1. The smallest absolute Gasteiger partial charge is 0.255 e. The molecule has 8 heteroatoms. The van der Waals surface area contributed by atoms with Gasteiger partial charge in [0.1, 0.15) is 34.0 Å². The van der Waals surface area contributed by atoms with Crippen LogP contribution in [0.2, 0.25) is 0 Å². The Morgan fingerprint density at radius 3 is 1.62 bits per heavy atom. The number of benzene rings is 2. The van der Waals surface area contributed by atoms with E-state index in [4.69, 9.17) is 18.9 Å². The topological polar surface area (TPSA) is 83.1 Å². The first-order valence-electron chi connectivity index (χ1n) is 8.53. The second kappa shape index (κ2) is 10.9. The number of ether oxygens (including phenoxy) is 4. The average molecular weight is 417 g/mol. The van der Waals surface area contributed by atoms with E-state index in [0.717, 1.165) is 0 Å². The van der Waals surface area contributed by atoms with Crippen LogP contribution in [0, 0.1) is 0 Å². The van der Waals surface area contributed by atoms with Crippen LogP contribution in [0.3, 0.4) is 0 Å². The monoisotopic (exact) mass is 417 g/mol. The Hall–Kier alpha value is -3.26. The zero-order valence-corrected chi connectivity index (χ0v) is 17.4. The number of methoxy groups -OCH3 is 4. The maximum absolute atomic E-state index is 12.2. The van der Waals surface area contributed by atoms with Gasteiger partial charge in [-0.2, -0.15) is 0 Å². The first-order chi connectivity index (χ1) is 14.0.